The first kappa shape index (κ1) is 19.0. The van der Waals surface area contributed by atoms with Crippen molar-refractivity contribution < 1.29 is 14.0 Å². The Morgan fingerprint density at radius 1 is 1.14 bits per heavy atom. The van der Waals surface area contributed by atoms with Crippen LogP contribution in [-0.2, 0) is 19.5 Å². The first-order valence-electron chi connectivity index (χ1n) is 9.81. The largest absolute Gasteiger partial charge is 0.467 e. The van der Waals surface area contributed by atoms with Crippen LogP contribution in [0.3, 0.4) is 0 Å². The van der Waals surface area contributed by atoms with Crippen LogP contribution >= 0.6 is 0 Å². The minimum absolute atomic E-state index is 0.275. The molecule has 0 saturated carbocycles. The number of hydrogen-bond acceptors (Lipinski definition) is 4. The SMILES string of the molecule is Cc1cc(C)cc(NC(=O)c2nc(C(=O)NCc3ccco3)n3c2CCCC3)c1. The fourth-order valence-corrected chi connectivity index (χ4v) is 3.79. The van der Waals surface area contributed by atoms with Crippen LogP contribution in [0.25, 0.3) is 0 Å². The number of furan rings is 1. The second-order valence-electron chi connectivity index (χ2n) is 7.43. The minimum Gasteiger partial charge on any atom is -0.467 e. The van der Waals surface area contributed by atoms with Gasteiger partial charge in [0, 0.05) is 12.2 Å². The summed E-state index contributed by atoms with van der Waals surface area (Å²) in [5, 5.41) is 5.76. The lowest BCUT2D eigenvalue weighted by molar-refractivity contribution is 0.0932. The number of rotatable bonds is 5. The number of aryl methyl sites for hydroxylation is 2. The average Bonchev–Trinajstić information content (AvgIpc) is 3.33. The smallest absolute Gasteiger partial charge is 0.287 e. The quantitative estimate of drug-likeness (QED) is 0.694. The first-order valence-corrected chi connectivity index (χ1v) is 9.81. The highest BCUT2D eigenvalue weighted by Gasteiger charge is 2.27. The molecule has 3 aromatic rings. The van der Waals surface area contributed by atoms with Gasteiger partial charge >= 0.3 is 0 Å². The molecule has 2 amide bonds. The third kappa shape index (κ3) is 4.08. The molecule has 0 saturated heterocycles. The highest BCUT2D eigenvalue weighted by Crippen LogP contribution is 2.23. The van der Waals surface area contributed by atoms with Gasteiger partial charge in [0.1, 0.15) is 5.76 Å². The second kappa shape index (κ2) is 7.95. The van der Waals surface area contributed by atoms with Crippen molar-refractivity contribution in [2.75, 3.05) is 5.32 Å². The predicted molar refractivity (Wildman–Crippen MR) is 109 cm³/mol. The van der Waals surface area contributed by atoms with Crippen LogP contribution in [0.15, 0.2) is 41.0 Å². The monoisotopic (exact) mass is 392 g/mol. The number of fused-ring (bicyclic) bond motifs is 1. The Hall–Kier alpha value is -3.35. The molecule has 0 aliphatic carbocycles. The molecule has 7 heteroatoms. The molecule has 1 aliphatic rings. The molecule has 0 radical (unpaired) electrons. The van der Waals surface area contributed by atoms with Crippen molar-refractivity contribution in [3.8, 4) is 0 Å². The van der Waals surface area contributed by atoms with Gasteiger partial charge in [0.25, 0.3) is 11.8 Å². The van der Waals surface area contributed by atoms with Crippen molar-refractivity contribution in [2.24, 2.45) is 0 Å². The number of anilines is 1. The molecule has 0 spiro atoms. The van der Waals surface area contributed by atoms with E-state index in [0.717, 1.165) is 41.8 Å². The van der Waals surface area contributed by atoms with Gasteiger partial charge in [-0.15, -0.1) is 0 Å². The van der Waals surface area contributed by atoms with Crippen molar-refractivity contribution in [3.05, 3.63) is 70.7 Å². The molecule has 1 aliphatic heterocycles. The summed E-state index contributed by atoms with van der Waals surface area (Å²) in [6.45, 7) is 4.94. The number of imidazole rings is 1. The summed E-state index contributed by atoms with van der Waals surface area (Å²) in [5.74, 6) is 0.342. The molecule has 1 aromatic carbocycles. The molecule has 2 N–H and O–H groups in total. The van der Waals surface area contributed by atoms with Gasteiger partial charge in [-0.25, -0.2) is 4.98 Å². The van der Waals surface area contributed by atoms with E-state index in [0.29, 0.717) is 18.0 Å². The molecule has 4 rings (SSSR count). The third-order valence-corrected chi connectivity index (χ3v) is 5.02. The zero-order valence-electron chi connectivity index (χ0n) is 16.6. The number of carbonyl (C=O) groups excluding carboxylic acids is 2. The van der Waals surface area contributed by atoms with Crippen LogP contribution in [0.4, 0.5) is 5.69 Å². The van der Waals surface area contributed by atoms with E-state index in [4.69, 9.17) is 4.42 Å². The number of nitrogens with zero attached hydrogens (tertiary/aromatic N) is 2. The summed E-state index contributed by atoms with van der Waals surface area (Å²) in [6.07, 6.45) is 4.23. The maximum atomic E-state index is 13.0. The molecule has 29 heavy (non-hydrogen) atoms. The maximum absolute atomic E-state index is 13.0. The van der Waals surface area contributed by atoms with E-state index >= 15 is 0 Å². The van der Waals surface area contributed by atoms with Gasteiger partial charge in [-0.05, 0) is 68.5 Å². The van der Waals surface area contributed by atoms with Gasteiger partial charge in [-0.2, -0.15) is 0 Å². The zero-order chi connectivity index (χ0) is 20.4. The standard InChI is InChI=1S/C22H24N4O3/c1-14-10-15(2)12-16(11-14)24-21(27)19-18-7-3-4-8-26(18)20(25-19)22(28)23-13-17-6-5-9-29-17/h5-6,9-12H,3-4,7-8,13H2,1-2H3,(H,23,28)(H,24,27). The van der Waals surface area contributed by atoms with Gasteiger partial charge in [0.2, 0.25) is 0 Å². The Kier molecular flexibility index (Phi) is 5.20. The number of benzene rings is 1. The average molecular weight is 392 g/mol. The van der Waals surface area contributed by atoms with E-state index in [-0.39, 0.29) is 24.2 Å². The van der Waals surface area contributed by atoms with Crippen molar-refractivity contribution in [1.82, 2.24) is 14.9 Å². The summed E-state index contributed by atoms with van der Waals surface area (Å²) in [7, 11) is 0. The van der Waals surface area contributed by atoms with E-state index in [1.54, 1.807) is 18.4 Å². The number of amides is 2. The van der Waals surface area contributed by atoms with Gasteiger partial charge in [-0.3, -0.25) is 9.59 Å². The summed E-state index contributed by atoms with van der Waals surface area (Å²) in [4.78, 5) is 30.1. The second-order valence-corrected chi connectivity index (χ2v) is 7.43. The van der Waals surface area contributed by atoms with Crippen LogP contribution in [0, 0.1) is 13.8 Å². The number of nitrogens with one attached hydrogen (secondary N) is 2. The molecular formula is C22H24N4O3. The fourth-order valence-electron chi connectivity index (χ4n) is 3.79. The number of hydrogen-bond donors (Lipinski definition) is 2. The Bertz CT molecular complexity index is 1030. The highest BCUT2D eigenvalue weighted by molar-refractivity contribution is 6.05. The van der Waals surface area contributed by atoms with Gasteiger partial charge < -0.3 is 19.6 Å². The molecule has 3 heterocycles. The van der Waals surface area contributed by atoms with E-state index in [1.165, 1.54) is 0 Å². The van der Waals surface area contributed by atoms with Crippen LogP contribution in [0.5, 0.6) is 0 Å². The predicted octanol–water partition coefficient (Wildman–Crippen LogP) is 3.61. The lowest BCUT2D eigenvalue weighted by Gasteiger charge is -2.17. The molecular weight excluding hydrogens is 368 g/mol. The maximum Gasteiger partial charge on any atom is 0.287 e. The zero-order valence-corrected chi connectivity index (χ0v) is 16.6. The molecule has 0 atom stereocenters. The molecule has 0 unspecified atom stereocenters. The van der Waals surface area contributed by atoms with E-state index < -0.39 is 0 Å². The first-order chi connectivity index (χ1) is 14.0. The Morgan fingerprint density at radius 2 is 1.93 bits per heavy atom. The lowest BCUT2D eigenvalue weighted by Crippen LogP contribution is -2.27. The Labute approximate surface area is 169 Å². The van der Waals surface area contributed by atoms with Crippen LogP contribution in [0.1, 0.15) is 56.5 Å². The van der Waals surface area contributed by atoms with Crippen LogP contribution < -0.4 is 10.6 Å². The van der Waals surface area contributed by atoms with Gasteiger partial charge in [-0.1, -0.05) is 6.07 Å². The molecule has 0 fully saturated rings. The highest BCUT2D eigenvalue weighted by atomic mass is 16.3. The summed E-state index contributed by atoms with van der Waals surface area (Å²) in [5.41, 5.74) is 4.03. The van der Waals surface area contributed by atoms with Gasteiger partial charge in [0.05, 0.1) is 18.5 Å². The topological polar surface area (TPSA) is 89.2 Å². The molecule has 7 nitrogen and oxygen atoms in total. The van der Waals surface area contributed by atoms with Crippen molar-refractivity contribution in [1.29, 1.82) is 0 Å². The van der Waals surface area contributed by atoms with Gasteiger partial charge in [0.15, 0.2) is 11.5 Å². The normalized spacial score (nSPS) is 13.0. The number of aromatic nitrogens is 2. The fraction of sp³-hybridized carbons (Fsp3) is 0.318. The van der Waals surface area contributed by atoms with Crippen LogP contribution in [0.2, 0.25) is 0 Å². The summed E-state index contributed by atoms with van der Waals surface area (Å²) in [6, 6.07) is 9.46. The third-order valence-electron chi connectivity index (χ3n) is 5.02. The van der Waals surface area contributed by atoms with Crippen molar-refractivity contribution in [3.63, 3.8) is 0 Å². The summed E-state index contributed by atoms with van der Waals surface area (Å²) >= 11 is 0. The molecule has 0 bridgehead atoms. The van der Waals surface area contributed by atoms with E-state index in [9.17, 15) is 9.59 Å². The minimum atomic E-state index is -0.310. The van der Waals surface area contributed by atoms with E-state index in [2.05, 4.69) is 21.7 Å². The number of carbonyl (C=O) groups is 2. The Balaban J connectivity index is 1.58. The van der Waals surface area contributed by atoms with Crippen molar-refractivity contribution in [2.45, 2.75) is 46.2 Å². The summed E-state index contributed by atoms with van der Waals surface area (Å²) < 4.78 is 7.13. The lowest BCUT2D eigenvalue weighted by atomic mass is 10.1. The van der Waals surface area contributed by atoms with Crippen molar-refractivity contribution >= 4 is 17.5 Å². The molecule has 2 aromatic heterocycles. The Morgan fingerprint density at radius 3 is 2.66 bits per heavy atom. The van der Waals surface area contributed by atoms with E-state index in [1.807, 2.05) is 30.5 Å². The van der Waals surface area contributed by atoms with Crippen LogP contribution in [-0.4, -0.2) is 21.4 Å². The molecule has 150 valence electrons.